The van der Waals surface area contributed by atoms with Gasteiger partial charge in [-0.25, -0.2) is 0 Å². The second-order valence-corrected chi connectivity index (χ2v) is 7.83. The van der Waals surface area contributed by atoms with Crippen LogP contribution in [0.25, 0.3) is 0 Å². The molecule has 1 fully saturated rings. The van der Waals surface area contributed by atoms with E-state index in [1.54, 1.807) is 36.8 Å². The lowest BCUT2D eigenvalue weighted by Crippen LogP contribution is -2.56. The summed E-state index contributed by atoms with van der Waals surface area (Å²) in [4.78, 5) is 27.6. The Bertz CT molecular complexity index is 961. The smallest absolute Gasteiger partial charge is 0.263 e. The molecule has 0 atom stereocenters. The van der Waals surface area contributed by atoms with E-state index in [1.165, 1.54) is 0 Å². The minimum Gasteiger partial charge on any atom is -0.493 e. The fraction of sp³-hybridized carbons (Fsp3) is 0.478. The predicted octanol–water partition coefficient (Wildman–Crippen LogP) is 2.67. The Hall–Kier alpha value is -2.80. The normalized spacial score (nSPS) is 14.0. The largest absolute Gasteiger partial charge is 0.493 e. The van der Waals surface area contributed by atoms with Crippen molar-refractivity contribution in [2.45, 2.75) is 45.9 Å². The fourth-order valence-electron chi connectivity index (χ4n) is 3.62. The van der Waals surface area contributed by atoms with Gasteiger partial charge in [-0.3, -0.25) is 9.59 Å². The number of ether oxygens (including phenoxy) is 3. The number of aryl methyl sites for hydroxylation is 3. The lowest BCUT2D eigenvalue weighted by Gasteiger charge is -2.39. The Morgan fingerprint density at radius 3 is 2.47 bits per heavy atom. The van der Waals surface area contributed by atoms with Crippen molar-refractivity contribution in [3.05, 3.63) is 57.5 Å². The zero-order chi connectivity index (χ0) is 21.8. The molecule has 0 radical (unpaired) electrons. The van der Waals surface area contributed by atoms with Crippen LogP contribution in [0.2, 0.25) is 0 Å². The summed E-state index contributed by atoms with van der Waals surface area (Å²) >= 11 is 0. The highest BCUT2D eigenvalue weighted by atomic mass is 16.5. The van der Waals surface area contributed by atoms with Crippen LogP contribution in [-0.2, 0) is 17.7 Å². The number of pyridine rings is 1. The molecule has 0 aliphatic carbocycles. The van der Waals surface area contributed by atoms with E-state index in [2.05, 4.69) is 0 Å². The van der Waals surface area contributed by atoms with Crippen molar-refractivity contribution in [3.63, 3.8) is 0 Å². The molecule has 0 N–H and O–H groups in total. The first kappa shape index (κ1) is 21.9. The number of amides is 1. The van der Waals surface area contributed by atoms with Crippen molar-refractivity contribution >= 4 is 5.91 Å². The second kappa shape index (κ2) is 9.34. The molecule has 1 aliphatic rings. The minimum absolute atomic E-state index is 0.0465. The Morgan fingerprint density at radius 2 is 1.83 bits per heavy atom. The molecule has 0 unspecified atom stereocenters. The summed E-state index contributed by atoms with van der Waals surface area (Å²) in [6, 6.07) is 7.52. The number of benzene rings is 1. The van der Waals surface area contributed by atoms with Gasteiger partial charge >= 0.3 is 0 Å². The number of methoxy groups -OCH3 is 2. The molecule has 2 aromatic rings. The quantitative estimate of drug-likeness (QED) is 0.664. The van der Waals surface area contributed by atoms with E-state index in [0.29, 0.717) is 43.1 Å². The average molecular weight is 415 g/mol. The van der Waals surface area contributed by atoms with E-state index in [4.69, 9.17) is 14.2 Å². The van der Waals surface area contributed by atoms with Crippen LogP contribution in [0.3, 0.4) is 0 Å². The maximum absolute atomic E-state index is 13.0. The van der Waals surface area contributed by atoms with Crippen LogP contribution in [-0.4, -0.2) is 54.9 Å². The van der Waals surface area contributed by atoms with Gasteiger partial charge in [0.15, 0.2) is 11.5 Å². The standard InChI is InChI=1S/C23H30N2O5/c1-15(2)30-18-13-25(14-18)23(27)21-16(3)8-10-24(22(21)26)11-9-17-6-7-19(28-4)20(12-17)29-5/h6-8,10,12,15,18H,9,11,13-14H2,1-5H3. The van der Waals surface area contributed by atoms with Gasteiger partial charge in [-0.2, -0.15) is 0 Å². The van der Waals surface area contributed by atoms with E-state index in [0.717, 1.165) is 5.56 Å². The third-order valence-electron chi connectivity index (χ3n) is 5.28. The van der Waals surface area contributed by atoms with Crippen molar-refractivity contribution in [1.82, 2.24) is 9.47 Å². The topological polar surface area (TPSA) is 70.0 Å². The Balaban J connectivity index is 1.72. The lowest BCUT2D eigenvalue weighted by atomic mass is 10.1. The zero-order valence-electron chi connectivity index (χ0n) is 18.3. The van der Waals surface area contributed by atoms with Gasteiger partial charge in [0.25, 0.3) is 11.5 Å². The zero-order valence-corrected chi connectivity index (χ0v) is 18.3. The van der Waals surface area contributed by atoms with Crippen LogP contribution in [0.15, 0.2) is 35.3 Å². The van der Waals surface area contributed by atoms with Gasteiger partial charge in [-0.15, -0.1) is 0 Å². The third kappa shape index (κ3) is 4.67. The van der Waals surface area contributed by atoms with Gasteiger partial charge in [0.2, 0.25) is 0 Å². The van der Waals surface area contributed by atoms with Crippen LogP contribution >= 0.6 is 0 Å². The molecule has 0 spiro atoms. The summed E-state index contributed by atoms with van der Waals surface area (Å²) in [5, 5.41) is 0. The van der Waals surface area contributed by atoms with E-state index >= 15 is 0 Å². The number of nitrogens with zero attached hydrogens (tertiary/aromatic N) is 2. The van der Waals surface area contributed by atoms with E-state index in [-0.39, 0.29) is 29.2 Å². The SMILES string of the molecule is COc1ccc(CCn2ccc(C)c(C(=O)N3CC(OC(C)C)C3)c2=O)cc1OC. The highest BCUT2D eigenvalue weighted by molar-refractivity contribution is 5.95. The molecule has 2 heterocycles. The van der Waals surface area contributed by atoms with Gasteiger partial charge in [0, 0.05) is 25.8 Å². The predicted molar refractivity (Wildman–Crippen MR) is 115 cm³/mol. The number of rotatable bonds is 8. The molecule has 3 rings (SSSR count). The van der Waals surface area contributed by atoms with Crippen molar-refractivity contribution in [2.24, 2.45) is 0 Å². The van der Waals surface area contributed by atoms with Gasteiger partial charge in [-0.05, 0) is 56.5 Å². The highest BCUT2D eigenvalue weighted by Gasteiger charge is 2.34. The van der Waals surface area contributed by atoms with Crippen molar-refractivity contribution < 1.29 is 19.0 Å². The molecular formula is C23H30N2O5. The van der Waals surface area contributed by atoms with Crippen LogP contribution in [0.4, 0.5) is 0 Å². The van der Waals surface area contributed by atoms with Gasteiger partial charge in [0.1, 0.15) is 5.56 Å². The summed E-state index contributed by atoms with van der Waals surface area (Å²) in [6.45, 7) is 7.27. The molecule has 0 bridgehead atoms. The first-order chi connectivity index (χ1) is 14.3. The number of carbonyl (C=O) groups is 1. The fourth-order valence-corrected chi connectivity index (χ4v) is 3.62. The van der Waals surface area contributed by atoms with Gasteiger partial charge in [0.05, 0.1) is 26.4 Å². The summed E-state index contributed by atoms with van der Waals surface area (Å²) in [5.74, 6) is 1.09. The molecule has 1 saturated heterocycles. The summed E-state index contributed by atoms with van der Waals surface area (Å²) in [5.41, 5.74) is 1.70. The van der Waals surface area contributed by atoms with Gasteiger partial charge in [-0.1, -0.05) is 6.07 Å². The number of hydrogen-bond donors (Lipinski definition) is 0. The van der Waals surface area contributed by atoms with Crippen LogP contribution < -0.4 is 15.0 Å². The number of hydrogen-bond acceptors (Lipinski definition) is 5. The van der Waals surface area contributed by atoms with Gasteiger partial charge < -0.3 is 23.7 Å². The van der Waals surface area contributed by atoms with Crippen molar-refractivity contribution in [2.75, 3.05) is 27.3 Å². The Labute approximate surface area is 177 Å². The number of likely N-dealkylation sites (tertiary alicyclic amines) is 1. The molecule has 0 saturated carbocycles. The van der Waals surface area contributed by atoms with Crippen molar-refractivity contribution in [3.8, 4) is 11.5 Å². The first-order valence-corrected chi connectivity index (χ1v) is 10.2. The summed E-state index contributed by atoms with van der Waals surface area (Å²) in [7, 11) is 3.19. The molecule has 7 nitrogen and oxygen atoms in total. The maximum Gasteiger partial charge on any atom is 0.263 e. The molecule has 1 amide bonds. The van der Waals surface area contributed by atoms with Crippen LogP contribution in [0.5, 0.6) is 11.5 Å². The molecule has 1 aromatic carbocycles. The molecule has 1 aliphatic heterocycles. The van der Waals surface area contributed by atoms with Crippen molar-refractivity contribution in [1.29, 1.82) is 0 Å². The maximum atomic E-state index is 13.0. The lowest BCUT2D eigenvalue weighted by molar-refractivity contribution is -0.0685. The Morgan fingerprint density at radius 1 is 1.13 bits per heavy atom. The molecule has 7 heteroatoms. The second-order valence-electron chi connectivity index (χ2n) is 7.83. The molecule has 162 valence electrons. The molecule has 1 aromatic heterocycles. The Kier molecular flexibility index (Phi) is 6.82. The molecular weight excluding hydrogens is 384 g/mol. The third-order valence-corrected chi connectivity index (χ3v) is 5.28. The number of carbonyl (C=O) groups excluding carboxylic acids is 1. The first-order valence-electron chi connectivity index (χ1n) is 10.2. The minimum atomic E-state index is -0.256. The average Bonchev–Trinajstić information content (AvgIpc) is 2.69. The van der Waals surface area contributed by atoms with Crippen LogP contribution in [0, 0.1) is 6.92 Å². The van der Waals surface area contributed by atoms with E-state index in [1.807, 2.05) is 38.1 Å². The molecule has 30 heavy (non-hydrogen) atoms. The summed E-state index contributed by atoms with van der Waals surface area (Å²) in [6.07, 6.45) is 2.55. The van der Waals surface area contributed by atoms with E-state index < -0.39 is 0 Å². The summed E-state index contributed by atoms with van der Waals surface area (Å²) < 4.78 is 17.9. The monoisotopic (exact) mass is 414 g/mol. The van der Waals surface area contributed by atoms with E-state index in [9.17, 15) is 9.59 Å². The van der Waals surface area contributed by atoms with Crippen LogP contribution in [0.1, 0.15) is 35.3 Å². The number of aromatic nitrogens is 1. The highest BCUT2D eigenvalue weighted by Crippen LogP contribution is 2.27.